The molecule has 0 aromatic heterocycles. The number of hydrogen-bond donors (Lipinski definition) is 4. The minimum Gasteiger partial charge on any atom is -0.384 e. The average Bonchev–Trinajstić information content (AvgIpc) is 3.20. The van der Waals surface area contributed by atoms with E-state index in [1.165, 1.54) is 11.0 Å². The molecule has 4 rings (SSSR count). The molecule has 10 heteroatoms. The number of ether oxygens (including phenoxy) is 1. The van der Waals surface area contributed by atoms with Crippen molar-refractivity contribution in [3.05, 3.63) is 99.3 Å². The number of nitrogens with zero attached hydrogens (tertiary/aromatic N) is 1. The van der Waals surface area contributed by atoms with E-state index in [4.69, 9.17) is 27.5 Å². The Balaban J connectivity index is 1.50. The average molecular weight is 524 g/mol. The van der Waals surface area contributed by atoms with Gasteiger partial charge in [-0.05, 0) is 42.3 Å². The van der Waals surface area contributed by atoms with Gasteiger partial charge >= 0.3 is 0 Å². The molecule has 3 aromatic carbocycles. The lowest BCUT2D eigenvalue weighted by molar-refractivity contribution is -0.143. The largest absolute Gasteiger partial charge is 0.384 e. The van der Waals surface area contributed by atoms with Crippen LogP contribution in [0.1, 0.15) is 39.5 Å². The van der Waals surface area contributed by atoms with Gasteiger partial charge in [0.15, 0.2) is 0 Å². The molecule has 37 heavy (non-hydrogen) atoms. The second kappa shape index (κ2) is 11.4. The number of fused-ring (bicyclic) bond motifs is 1. The quantitative estimate of drug-likeness (QED) is 0.236. The van der Waals surface area contributed by atoms with Crippen LogP contribution in [0.15, 0.2) is 60.7 Å². The van der Waals surface area contributed by atoms with Crippen molar-refractivity contribution in [3.8, 4) is 0 Å². The summed E-state index contributed by atoms with van der Waals surface area (Å²) in [7, 11) is 0. The minimum absolute atomic E-state index is 0.0982. The third-order valence-corrected chi connectivity index (χ3v) is 6.27. The van der Waals surface area contributed by atoms with Crippen molar-refractivity contribution in [3.63, 3.8) is 0 Å². The lowest BCUT2D eigenvalue weighted by Crippen LogP contribution is -2.48. The normalized spacial score (nSPS) is 13.3. The molecule has 1 heterocycles. The second-order valence-electron chi connectivity index (χ2n) is 8.49. The third-order valence-electron chi connectivity index (χ3n) is 6.04. The van der Waals surface area contributed by atoms with Crippen LogP contribution in [0.2, 0.25) is 5.02 Å². The van der Waals surface area contributed by atoms with Crippen molar-refractivity contribution in [1.82, 2.24) is 10.2 Å². The number of nitrogen functional groups attached to an aromatic ring is 1. The van der Waals surface area contributed by atoms with E-state index >= 15 is 0 Å². The molecule has 2 amide bonds. The fourth-order valence-electron chi connectivity index (χ4n) is 4.11. The van der Waals surface area contributed by atoms with Crippen LogP contribution >= 0.6 is 11.6 Å². The maximum Gasteiger partial charge on any atom is 0.270 e. The molecule has 1 atom stereocenters. The van der Waals surface area contributed by atoms with E-state index in [0.717, 1.165) is 5.56 Å². The van der Waals surface area contributed by atoms with Gasteiger partial charge in [0.1, 0.15) is 11.7 Å². The van der Waals surface area contributed by atoms with Gasteiger partial charge in [-0.1, -0.05) is 48.0 Å². The van der Waals surface area contributed by atoms with Crippen molar-refractivity contribution < 1.29 is 18.7 Å². The number of nitrogens with two attached hydrogens (primary N) is 1. The van der Waals surface area contributed by atoms with E-state index < -0.39 is 12.1 Å². The van der Waals surface area contributed by atoms with E-state index in [0.29, 0.717) is 33.0 Å². The number of anilines is 1. The van der Waals surface area contributed by atoms with E-state index in [2.05, 4.69) is 10.6 Å². The number of rotatable bonds is 10. The molecule has 8 nitrogen and oxygen atoms in total. The SMILES string of the molecule is CCOC(C(=O)NCc1ccc(C(=N)N)cc1NCc1ccccc1F)N1Cc2ccc(Cl)cc2C1=O. The Morgan fingerprint density at radius 2 is 1.95 bits per heavy atom. The Morgan fingerprint density at radius 3 is 2.68 bits per heavy atom. The molecule has 1 unspecified atom stereocenters. The van der Waals surface area contributed by atoms with Gasteiger partial charge < -0.3 is 26.0 Å². The number of carbonyl (C=O) groups is 2. The van der Waals surface area contributed by atoms with E-state index in [9.17, 15) is 14.0 Å². The van der Waals surface area contributed by atoms with Crippen LogP contribution in [0.3, 0.4) is 0 Å². The van der Waals surface area contributed by atoms with Crippen molar-refractivity contribution in [1.29, 1.82) is 5.41 Å². The number of halogens is 2. The van der Waals surface area contributed by atoms with Crippen LogP contribution in [-0.4, -0.2) is 35.4 Å². The summed E-state index contributed by atoms with van der Waals surface area (Å²) in [5.41, 5.74) is 9.09. The minimum atomic E-state index is -1.13. The number of amides is 2. The fourth-order valence-corrected chi connectivity index (χ4v) is 4.29. The number of hydrogen-bond acceptors (Lipinski definition) is 5. The maximum absolute atomic E-state index is 14.1. The third kappa shape index (κ3) is 5.90. The zero-order chi connectivity index (χ0) is 26.5. The van der Waals surface area contributed by atoms with Gasteiger partial charge in [0.2, 0.25) is 6.23 Å². The molecule has 0 spiro atoms. The van der Waals surface area contributed by atoms with Crippen molar-refractivity contribution in [2.45, 2.75) is 32.8 Å². The highest BCUT2D eigenvalue weighted by molar-refractivity contribution is 6.31. The predicted molar refractivity (Wildman–Crippen MR) is 140 cm³/mol. The first-order chi connectivity index (χ1) is 17.8. The first-order valence-corrected chi connectivity index (χ1v) is 12.1. The fraction of sp³-hybridized carbons (Fsp3) is 0.222. The highest BCUT2D eigenvalue weighted by Gasteiger charge is 2.37. The van der Waals surface area contributed by atoms with Crippen LogP contribution in [0.4, 0.5) is 10.1 Å². The second-order valence-corrected chi connectivity index (χ2v) is 8.93. The monoisotopic (exact) mass is 523 g/mol. The van der Waals surface area contributed by atoms with Crippen LogP contribution in [-0.2, 0) is 29.2 Å². The summed E-state index contributed by atoms with van der Waals surface area (Å²) in [6, 6.07) is 16.5. The molecular weight excluding hydrogens is 497 g/mol. The zero-order valence-electron chi connectivity index (χ0n) is 20.2. The summed E-state index contributed by atoms with van der Waals surface area (Å²) in [6.07, 6.45) is -1.13. The number of benzene rings is 3. The predicted octanol–water partition coefficient (Wildman–Crippen LogP) is 4.01. The van der Waals surface area contributed by atoms with E-state index in [1.54, 1.807) is 61.5 Å². The van der Waals surface area contributed by atoms with Gasteiger partial charge in [0.25, 0.3) is 11.8 Å². The molecular formula is C27H27ClFN5O3. The molecule has 1 aliphatic heterocycles. The zero-order valence-corrected chi connectivity index (χ0v) is 20.9. The smallest absolute Gasteiger partial charge is 0.270 e. The first kappa shape index (κ1) is 26.1. The Bertz CT molecular complexity index is 1350. The molecule has 0 bridgehead atoms. The van der Waals surface area contributed by atoms with Gasteiger partial charge in [-0.25, -0.2) is 4.39 Å². The number of amidine groups is 1. The van der Waals surface area contributed by atoms with Gasteiger partial charge in [0.05, 0.1) is 0 Å². The van der Waals surface area contributed by atoms with Crippen molar-refractivity contribution in [2.24, 2.45) is 5.73 Å². The molecule has 192 valence electrons. The maximum atomic E-state index is 14.1. The van der Waals surface area contributed by atoms with Crippen LogP contribution in [0.5, 0.6) is 0 Å². The summed E-state index contributed by atoms with van der Waals surface area (Å²) in [5, 5.41) is 14.2. The van der Waals surface area contributed by atoms with Crippen LogP contribution < -0.4 is 16.4 Å². The summed E-state index contributed by atoms with van der Waals surface area (Å²) >= 11 is 6.05. The molecule has 0 fully saturated rings. The van der Waals surface area contributed by atoms with E-state index in [-0.39, 0.29) is 43.8 Å². The summed E-state index contributed by atoms with van der Waals surface area (Å²) in [4.78, 5) is 27.5. The Kier molecular flexibility index (Phi) is 8.05. The lowest BCUT2D eigenvalue weighted by atomic mass is 10.1. The van der Waals surface area contributed by atoms with E-state index in [1.807, 2.05) is 0 Å². The van der Waals surface area contributed by atoms with Gasteiger partial charge in [-0.3, -0.25) is 15.0 Å². The summed E-state index contributed by atoms with van der Waals surface area (Å²) in [6.45, 7) is 2.49. The molecule has 1 aliphatic rings. The Morgan fingerprint density at radius 1 is 1.16 bits per heavy atom. The topological polar surface area (TPSA) is 121 Å². The van der Waals surface area contributed by atoms with Crippen molar-refractivity contribution >= 4 is 34.9 Å². The lowest BCUT2D eigenvalue weighted by Gasteiger charge is -2.26. The van der Waals surface area contributed by atoms with Gasteiger partial charge in [-0.15, -0.1) is 0 Å². The first-order valence-electron chi connectivity index (χ1n) is 11.7. The van der Waals surface area contributed by atoms with Crippen LogP contribution in [0.25, 0.3) is 0 Å². The number of nitrogens with one attached hydrogen (secondary N) is 3. The van der Waals surface area contributed by atoms with Crippen molar-refractivity contribution in [2.75, 3.05) is 11.9 Å². The molecule has 0 saturated carbocycles. The van der Waals surface area contributed by atoms with Crippen LogP contribution in [0, 0.1) is 11.2 Å². The molecule has 0 aliphatic carbocycles. The molecule has 0 saturated heterocycles. The molecule has 0 radical (unpaired) electrons. The Hall–Kier alpha value is -3.95. The highest BCUT2D eigenvalue weighted by Crippen LogP contribution is 2.28. The van der Waals surface area contributed by atoms with Gasteiger partial charge in [-0.2, -0.15) is 0 Å². The standard InChI is InChI=1S/C27H27ClFN5O3/c1-2-37-27(34-15-19-9-10-20(28)12-21(19)26(34)36)25(35)33-14-18-8-7-16(24(30)31)11-23(18)32-13-17-5-3-4-6-22(17)29/h3-12,27,32H,2,13-15H2,1H3,(H3,30,31)(H,33,35). The number of carbonyl (C=O) groups excluding carboxylic acids is 2. The summed E-state index contributed by atoms with van der Waals surface area (Å²) < 4.78 is 19.8. The molecule has 3 aromatic rings. The van der Waals surface area contributed by atoms with Gasteiger partial charge in [0, 0.05) is 53.6 Å². The Labute approximate surface area is 219 Å². The highest BCUT2D eigenvalue weighted by atomic mass is 35.5. The molecule has 5 N–H and O–H groups in total. The summed E-state index contributed by atoms with van der Waals surface area (Å²) in [5.74, 6) is -1.27.